The summed E-state index contributed by atoms with van der Waals surface area (Å²) in [7, 11) is 1.85. The fourth-order valence-electron chi connectivity index (χ4n) is 3.42. The molecule has 3 heterocycles. The minimum atomic E-state index is 0.0591. The summed E-state index contributed by atoms with van der Waals surface area (Å²) in [6.45, 7) is 5.11. The van der Waals surface area contributed by atoms with Crippen LogP contribution in [0.3, 0.4) is 0 Å². The van der Waals surface area contributed by atoms with Gasteiger partial charge in [-0.3, -0.25) is 9.69 Å². The highest BCUT2D eigenvalue weighted by atomic mass is 16.2. The molecular formula is C17H21N7O. The summed E-state index contributed by atoms with van der Waals surface area (Å²) in [5.41, 5.74) is 1.65. The van der Waals surface area contributed by atoms with Crippen LogP contribution in [0, 0.1) is 0 Å². The number of amides is 1. The smallest absolute Gasteiger partial charge is 0.270 e. The number of carbonyl (C=O) groups is 1. The molecule has 8 nitrogen and oxygen atoms in total. The van der Waals surface area contributed by atoms with Crippen molar-refractivity contribution in [2.75, 3.05) is 26.2 Å². The zero-order chi connectivity index (χ0) is 17.4. The van der Waals surface area contributed by atoms with Gasteiger partial charge in [0.2, 0.25) is 0 Å². The Morgan fingerprint density at radius 1 is 1.20 bits per heavy atom. The van der Waals surface area contributed by atoms with Gasteiger partial charge in [-0.25, -0.2) is 4.68 Å². The van der Waals surface area contributed by atoms with E-state index >= 15 is 0 Å². The highest BCUT2D eigenvalue weighted by Gasteiger charge is 2.28. The minimum Gasteiger partial charge on any atom is -0.351 e. The number of hydrogen-bond donors (Lipinski definition) is 1. The average molecular weight is 339 g/mol. The Morgan fingerprint density at radius 2 is 1.96 bits per heavy atom. The maximum atomic E-state index is 12.8. The highest BCUT2D eigenvalue weighted by Crippen LogP contribution is 2.20. The first-order valence-corrected chi connectivity index (χ1v) is 8.47. The molecule has 0 aliphatic carbocycles. The van der Waals surface area contributed by atoms with Crippen molar-refractivity contribution in [1.29, 1.82) is 0 Å². The lowest BCUT2D eigenvalue weighted by Gasteiger charge is -2.37. The van der Waals surface area contributed by atoms with Gasteiger partial charge in [0.1, 0.15) is 5.69 Å². The predicted molar refractivity (Wildman–Crippen MR) is 93.0 cm³/mol. The quantitative estimate of drug-likeness (QED) is 0.775. The monoisotopic (exact) mass is 339 g/mol. The maximum Gasteiger partial charge on any atom is 0.270 e. The van der Waals surface area contributed by atoms with Crippen molar-refractivity contribution in [1.82, 2.24) is 35.0 Å². The molecular weight excluding hydrogens is 318 g/mol. The molecule has 130 valence electrons. The van der Waals surface area contributed by atoms with Crippen molar-refractivity contribution >= 4 is 16.8 Å². The van der Waals surface area contributed by atoms with Crippen LogP contribution in [0.15, 0.2) is 30.3 Å². The van der Waals surface area contributed by atoms with Gasteiger partial charge in [-0.2, -0.15) is 0 Å². The summed E-state index contributed by atoms with van der Waals surface area (Å²) in [5, 5.41) is 12.8. The van der Waals surface area contributed by atoms with Gasteiger partial charge in [0, 0.05) is 44.1 Å². The van der Waals surface area contributed by atoms with Crippen molar-refractivity contribution in [3.05, 3.63) is 41.9 Å². The number of aromatic nitrogens is 5. The minimum absolute atomic E-state index is 0.0591. The normalized spacial score (nSPS) is 17.1. The van der Waals surface area contributed by atoms with Crippen LogP contribution in [-0.2, 0) is 7.05 Å². The van der Waals surface area contributed by atoms with E-state index < -0.39 is 0 Å². The van der Waals surface area contributed by atoms with E-state index in [2.05, 4.69) is 32.3 Å². The SMILES string of the molecule is C[C@@H](c1nnnn1C)N1CCN(C(=O)c2cc3ccccc3[nH]2)CC1. The van der Waals surface area contributed by atoms with Gasteiger partial charge in [-0.15, -0.1) is 5.10 Å². The van der Waals surface area contributed by atoms with E-state index in [4.69, 9.17) is 0 Å². The van der Waals surface area contributed by atoms with Gasteiger partial charge in [0.25, 0.3) is 5.91 Å². The molecule has 0 saturated carbocycles. The molecule has 0 radical (unpaired) electrons. The molecule has 1 atom stereocenters. The van der Waals surface area contributed by atoms with Gasteiger partial charge >= 0.3 is 0 Å². The molecule has 1 aliphatic heterocycles. The first kappa shape index (κ1) is 15.8. The third-order valence-corrected chi connectivity index (χ3v) is 4.94. The molecule has 2 aromatic heterocycles. The first-order chi connectivity index (χ1) is 12.1. The Balaban J connectivity index is 1.43. The Kier molecular flexibility index (Phi) is 3.96. The first-order valence-electron chi connectivity index (χ1n) is 8.47. The van der Waals surface area contributed by atoms with Crippen molar-refractivity contribution < 1.29 is 4.79 Å². The standard InChI is InChI=1S/C17H21N7O/c1-12(16-19-20-21-22(16)2)23-7-9-24(10-8-23)17(25)15-11-13-5-3-4-6-14(13)18-15/h3-6,11-12,18H,7-10H2,1-2H3/t12-/m0/s1. The summed E-state index contributed by atoms with van der Waals surface area (Å²) in [6, 6.07) is 10.0. The number of tetrazole rings is 1. The third kappa shape index (κ3) is 2.89. The predicted octanol–water partition coefficient (Wildman–Crippen LogP) is 1.21. The number of nitrogens with zero attached hydrogens (tertiary/aromatic N) is 6. The average Bonchev–Trinajstić information content (AvgIpc) is 3.26. The Labute approximate surface area is 145 Å². The van der Waals surface area contributed by atoms with Crippen molar-refractivity contribution in [3.8, 4) is 0 Å². The van der Waals surface area contributed by atoms with Crippen LogP contribution >= 0.6 is 0 Å². The molecule has 0 spiro atoms. The molecule has 1 N–H and O–H groups in total. The maximum absolute atomic E-state index is 12.8. The van der Waals surface area contributed by atoms with E-state index in [1.54, 1.807) is 4.68 Å². The number of nitrogens with one attached hydrogen (secondary N) is 1. The zero-order valence-electron chi connectivity index (χ0n) is 14.4. The van der Waals surface area contributed by atoms with E-state index in [9.17, 15) is 4.79 Å². The van der Waals surface area contributed by atoms with Crippen LogP contribution in [-0.4, -0.2) is 67.1 Å². The second-order valence-electron chi connectivity index (χ2n) is 6.44. The number of H-pyrrole nitrogens is 1. The van der Waals surface area contributed by atoms with Crippen LogP contribution in [0.1, 0.15) is 29.3 Å². The summed E-state index contributed by atoms with van der Waals surface area (Å²) >= 11 is 0. The van der Waals surface area contributed by atoms with Crippen LogP contribution < -0.4 is 0 Å². The van der Waals surface area contributed by atoms with Gasteiger partial charge in [0.05, 0.1) is 6.04 Å². The number of fused-ring (bicyclic) bond motifs is 1. The second kappa shape index (κ2) is 6.29. The van der Waals surface area contributed by atoms with Gasteiger partial charge in [0.15, 0.2) is 5.82 Å². The van der Waals surface area contributed by atoms with Gasteiger partial charge in [-0.1, -0.05) is 18.2 Å². The summed E-state index contributed by atoms with van der Waals surface area (Å²) in [4.78, 5) is 20.2. The zero-order valence-corrected chi connectivity index (χ0v) is 14.4. The van der Waals surface area contributed by atoms with Crippen LogP contribution in [0.5, 0.6) is 0 Å². The second-order valence-corrected chi connectivity index (χ2v) is 6.44. The number of aromatic amines is 1. The lowest BCUT2D eigenvalue weighted by atomic mass is 10.2. The molecule has 0 unspecified atom stereocenters. The van der Waals surface area contributed by atoms with E-state index in [1.165, 1.54) is 0 Å². The molecule has 1 amide bonds. The molecule has 1 saturated heterocycles. The Morgan fingerprint density at radius 3 is 2.64 bits per heavy atom. The lowest BCUT2D eigenvalue weighted by Crippen LogP contribution is -2.49. The van der Waals surface area contributed by atoms with E-state index in [0.29, 0.717) is 18.8 Å². The molecule has 1 aromatic carbocycles. The molecule has 25 heavy (non-hydrogen) atoms. The lowest BCUT2D eigenvalue weighted by molar-refractivity contribution is 0.0567. The fraction of sp³-hybridized carbons (Fsp3) is 0.412. The highest BCUT2D eigenvalue weighted by molar-refractivity contribution is 5.98. The Hall–Kier alpha value is -2.74. The van der Waals surface area contributed by atoms with Crippen LogP contribution in [0.2, 0.25) is 0 Å². The molecule has 4 rings (SSSR count). The molecule has 3 aromatic rings. The molecule has 0 bridgehead atoms. The summed E-state index contributed by atoms with van der Waals surface area (Å²) < 4.78 is 1.70. The third-order valence-electron chi connectivity index (χ3n) is 4.94. The molecule has 8 heteroatoms. The fourth-order valence-corrected chi connectivity index (χ4v) is 3.42. The Bertz CT molecular complexity index is 858. The van der Waals surface area contributed by atoms with Crippen molar-refractivity contribution in [3.63, 3.8) is 0 Å². The summed E-state index contributed by atoms with van der Waals surface area (Å²) in [5.74, 6) is 0.902. The number of benzene rings is 1. The summed E-state index contributed by atoms with van der Waals surface area (Å²) in [6.07, 6.45) is 0. The molecule has 1 fully saturated rings. The van der Waals surface area contributed by atoms with Crippen LogP contribution in [0.25, 0.3) is 10.9 Å². The number of para-hydroxylation sites is 1. The number of piperazine rings is 1. The van der Waals surface area contributed by atoms with Gasteiger partial charge in [-0.05, 0) is 29.5 Å². The van der Waals surface area contributed by atoms with E-state index in [0.717, 1.165) is 29.8 Å². The van der Waals surface area contributed by atoms with E-state index in [1.807, 2.05) is 42.3 Å². The van der Waals surface area contributed by atoms with Crippen molar-refractivity contribution in [2.45, 2.75) is 13.0 Å². The van der Waals surface area contributed by atoms with Crippen molar-refractivity contribution in [2.24, 2.45) is 7.05 Å². The topological polar surface area (TPSA) is 82.9 Å². The number of rotatable bonds is 3. The largest absolute Gasteiger partial charge is 0.351 e. The van der Waals surface area contributed by atoms with Gasteiger partial charge < -0.3 is 9.88 Å². The van der Waals surface area contributed by atoms with Crippen LogP contribution in [0.4, 0.5) is 0 Å². The number of carbonyl (C=O) groups excluding carboxylic acids is 1. The molecule has 1 aliphatic rings. The number of aryl methyl sites for hydroxylation is 1. The van der Waals surface area contributed by atoms with E-state index in [-0.39, 0.29) is 11.9 Å². The number of hydrogen-bond acceptors (Lipinski definition) is 5.